The van der Waals surface area contributed by atoms with Gasteiger partial charge in [-0.05, 0) is 31.8 Å². The lowest BCUT2D eigenvalue weighted by Gasteiger charge is -2.24. The molecule has 2 aromatic rings. The van der Waals surface area contributed by atoms with Crippen LogP contribution in [-0.2, 0) is 6.54 Å². The first-order valence-electron chi connectivity index (χ1n) is 7.94. The largest absolute Gasteiger partial charge is 0.454 e. The zero-order valence-corrected chi connectivity index (χ0v) is 14.5. The third-order valence-electron chi connectivity index (χ3n) is 4.67. The topological polar surface area (TPSA) is 55.7 Å². The molecule has 0 saturated carbocycles. The van der Waals surface area contributed by atoms with Crippen LogP contribution in [0, 0.1) is 0 Å². The lowest BCUT2D eigenvalue weighted by Crippen LogP contribution is -2.36. The van der Waals surface area contributed by atoms with E-state index in [9.17, 15) is 0 Å². The van der Waals surface area contributed by atoms with E-state index in [-0.39, 0.29) is 12.8 Å². The minimum absolute atomic E-state index is 0.235. The fourth-order valence-corrected chi connectivity index (χ4v) is 3.80. The number of likely N-dealkylation sites (N-methyl/N-ethyl adjacent to an activating group) is 1. The van der Waals surface area contributed by atoms with Crippen LogP contribution in [0.15, 0.2) is 24.5 Å². The molecule has 1 aromatic heterocycles. The molecule has 2 aliphatic rings. The van der Waals surface area contributed by atoms with E-state index >= 15 is 0 Å². The number of fused-ring (bicyclic) bond motifs is 1. The fourth-order valence-electron chi connectivity index (χ4n) is 3.51. The number of halogens is 1. The average Bonchev–Trinajstić information content (AvgIpc) is 3.27. The molecule has 3 heterocycles. The summed E-state index contributed by atoms with van der Waals surface area (Å²) >= 11 is 6.30. The third-order valence-corrected chi connectivity index (χ3v) is 4.95. The van der Waals surface area contributed by atoms with Crippen molar-refractivity contribution >= 4 is 11.6 Å². The van der Waals surface area contributed by atoms with Crippen LogP contribution >= 0.6 is 11.6 Å². The van der Waals surface area contributed by atoms with Crippen LogP contribution in [0.5, 0.6) is 11.5 Å². The van der Waals surface area contributed by atoms with Gasteiger partial charge in [0.05, 0.1) is 17.3 Å². The van der Waals surface area contributed by atoms with E-state index in [0.29, 0.717) is 16.8 Å². The van der Waals surface area contributed by atoms with Gasteiger partial charge in [-0.1, -0.05) is 16.8 Å². The molecule has 128 valence electrons. The maximum absolute atomic E-state index is 6.30. The molecule has 0 bridgehead atoms. The Bertz CT molecular complexity index is 722. The molecule has 1 aromatic carbocycles. The predicted molar refractivity (Wildman–Crippen MR) is 89.4 cm³/mol. The second-order valence-electron chi connectivity index (χ2n) is 6.49. The Morgan fingerprint density at radius 2 is 2.17 bits per heavy atom. The van der Waals surface area contributed by atoms with E-state index in [1.54, 1.807) is 6.20 Å². The van der Waals surface area contributed by atoms with Gasteiger partial charge in [0.25, 0.3) is 0 Å². The second-order valence-corrected chi connectivity index (χ2v) is 6.89. The zero-order valence-electron chi connectivity index (χ0n) is 13.7. The van der Waals surface area contributed by atoms with E-state index in [2.05, 4.69) is 34.2 Å². The highest BCUT2D eigenvalue weighted by molar-refractivity contribution is 6.32. The Labute approximate surface area is 145 Å². The van der Waals surface area contributed by atoms with Gasteiger partial charge >= 0.3 is 0 Å². The fraction of sp³-hybridized carbons (Fsp3) is 0.500. The summed E-state index contributed by atoms with van der Waals surface area (Å²) in [6.07, 6.45) is 3.66. The number of aromatic nitrogens is 3. The molecule has 8 heteroatoms. The van der Waals surface area contributed by atoms with Gasteiger partial charge in [0.1, 0.15) is 0 Å². The van der Waals surface area contributed by atoms with E-state index in [4.69, 9.17) is 21.1 Å². The molecule has 7 nitrogen and oxygen atoms in total. The lowest BCUT2D eigenvalue weighted by molar-refractivity contribution is 0.174. The Hall–Kier alpha value is -1.83. The van der Waals surface area contributed by atoms with Crippen LogP contribution < -0.4 is 9.47 Å². The number of hydrogen-bond donors (Lipinski definition) is 0. The Kier molecular flexibility index (Phi) is 4.07. The molecule has 24 heavy (non-hydrogen) atoms. The monoisotopic (exact) mass is 349 g/mol. The van der Waals surface area contributed by atoms with E-state index in [1.807, 2.05) is 23.0 Å². The summed E-state index contributed by atoms with van der Waals surface area (Å²) < 4.78 is 12.8. The van der Waals surface area contributed by atoms with Crippen molar-refractivity contribution in [3.63, 3.8) is 0 Å². The summed E-state index contributed by atoms with van der Waals surface area (Å²) in [5.74, 6) is 1.38. The van der Waals surface area contributed by atoms with Gasteiger partial charge in [-0.25, -0.2) is 4.68 Å². The van der Waals surface area contributed by atoms with Crippen molar-refractivity contribution < 1.29 is 9.47 Å². The van der Waals surface area contributed by atoms with Gasteiger partial charge in [0, 0.05) is 31.9 Å². The third kappa shape index (κ3) is 2.83. The molecule has 0 N–H and O–H groups in total. The number of benzene rings is 1. The summed E-state index contributed by atoms with van der Waals surface area (Å²) in [5.41, 5.74) is 1.13. The van der Waals surface area contributed by atoms with Crippen LogP contribution in [0.2, 0.25) is 5.02 Å². The van der Waals surface area contributed by atoms with Crippen LogP contribution in [0.4, 0.5) is 0 Å². The standard InChI is InChI=1S/C16H20ClN5O2/c1-20(2)13-8-21(9-14(13)22-4-3-18-19-22)7-11-5-12(17)16-15(6-11)23-10-24-16/h3-6,13-14H,7-10H2,1-2H3/t13-,14+/m1/s1. The number of hydrogen-bond acceptors (Lipinski definition) is 6. The molecule has 0 aliphatic carbocycles. The molecule has 2 atom stereocenters. The number of likely N-dealkylation sites (tertiary alicyclic amines) is 1. The second kappa shape index (κ2) is 6.23. The molecule has 4 rings (SSSR count). The van der Waals surface area contributed by atoms with Crippen LogP contribution in [0.3, 0.4) is 0 Å². The SMILES string of the molecule is CN(C)[C@@H]1CN(Cc2cc(Cl)c3c(c2)OCO3)C[C@@H]1n1ccnn1. The minimum atomic E-state index is 0.235. The number of nitrogens with zero attached hydrogens (tertiary/aromatic N) is 5. The molecule has 0 unspecified atom stereocenters. The van der Waals surface area contributed by atoms with Gasteiger partial charge in [0.2, 0.25) is 6.79 Å². The highest BCUT2D eigenvalue weighted by Gasteiger charge is 2.36. The maximum atomic E-state index is 6.30. The first kappa shape index (κ1) is 15.7. The van der Waals surface area contributed by atoms with Gasteiger partial charge in [-0.3, -0.25) is 4.90 Å². The van der Waals surface area contributed by atoms with Gasteiger partial charge in [-0.15, -0.1) is 5.10 Å². The summed E-state index contributed by atoms with van der Waals surface area (Å²) in [6.45, 7) is 2.92. The van der Waals surface area contributed by atoms with Gasteiger partial charge in [0.15, 0.2) is 11.5 Å². The Morgan fingerprint density at radius 3 is 2.92 bits per heavy atom. The zero-order chi connectivity index (χ0) is 16.7. The van der Waals surface area contributed by atoms with E-state index in [0.717, 1.165) is 30.9 Å². The molecular formula is C16H20ClN5O2. The van der Waals surface area contributed by atoms with Crippen LogP contribution in [0.1, 0.15) is 11.6 Å². The van der Waals surface area contributed by atoms with Crippen LogP contribution in [-0.4, -0.2) is 64.8 Å². The lowest BCUT2D eigenvalue weighted by atomic mass is 10.1. The van der Waals surface area contributed by atoms with Crippen molar-refractivity contribution in [2.75, 3.05) is 34.0 Å². The maximum Gasteiger partial charge on any atom is 0.231 e. The molecule has 0 spiro atoms. The summed E-state index contributed by atoms with van der Waals surface area (Å²) in [5, 5.41) is 8.75. The van der Waals surface area contributed by atoms with Crippen molar-refractivity contribution in [2.24, 2.45) is 0 Å². The molecule has 0 amide bonds. The molecular weight excluding hydrogens is 330 g/mol. The smallest absolute Gasteiger partial charge is 0.231 e. The van der Waals surface area contributed by atoms with Crippen molar-refractivity contribution in [1.29, 1.82) is 0 Å². The highest BCUT2D eigenvalue weighted by Crippen LogP contribution is 2.40. The van der Waals surface area contributed by atoms with E-state index < -0.39 is 0 Å². The normalized spacial score (nSPS) is 23.3. The van der Waals surface area contributed by atoms with Crippen molar-refractivity contribution in [1.82, 2.24) is 24.8 Å². The van der Waals surface area contributed by atoms with Crippen LogP contribution in [0.25, 0.3) is 0 Å². The Morgan fingerprint density at radius 1 is 1.29 bits per heavy atom. The first-order chi connectivity index (χ1) is 11.6. The van der Waals surface area contributed by atoms with Crippen molar-refractivity contribution in [3.05, 3.63) is 35.1 Å². The average molecular weight is 350 g/mol. The van der Waals surface area contributed by atoms with Gasteiger partial charge in [-0.2, -0.15) is 0 Å². The quantitative estimate of drug-likeness (QED) is 0.836. The molecule has 2 aliphatic heterocycles. The predicted octanol–water partition coefficient (Wildman–Crippen LogP) is 1.65. The van der Waals surface area contributed by atoms with E-state index in [1.165, 1.54) is 0 Å². The Balaban J connectivity index is 1.52. The molecule has 0 radical (unpaired) electrons. The van der Waals surface area contributed by atoms with Gasteiger partial charge < -0.3 is 14.4 Å². The number of ether oxygens (including phenoxy) is 2. The first-order valence-corrected chi connectivity index (χ1v) is 8.32. The molecule has 1 saturated heterocycles. The summed E-state index contributed by atoms with van der Waals surface area (Å²) in [6, 6.07) is 4.65. The summed E-state index contributed by atoms with van der Waals surface area (Å²) in [4.78, 5) is 4.66. The minimum Gasteiger partial charge on any atom is -0.454 e. The van der Waals surface area contributed by atoms with Crippen molar-refractivity contribution in [3.8, 4) is 11.5 Å². The molecule has 1 fully saturated rings. The number of rotatable bonds is 4. The highest BCUT2D eigenvalue weighted by atomic mass is 35.5. The van der Waals surface area contributed by atoms with Crippen molar-refractivity contribution in [2.45, 2.75) is 18.6 Å². The summed E-state index contributed by atoms with van der Waals surface area (Å²) in [7, 11) is 4.21.